The van der Waals surface area contributed by atoms with Crippen LogP contribution in [0, 0.1) is 4.91 Å². The standard InChI is InChI=1S/C12H11F6NO3.C10H6F6O2.C2H6/c1-21-9(22-2)7-3-5-8(6-4-7)10(19-20,11(13,14)15)12(16,17)18;11-9(12,13)8(18,10(14,15)16)7-3-1-6(5-17)2-4-7;1-2/h3-6,9H,1-2H3;1-5,18H;1-2H3. The summed E-state index contributed by atoms with van der Waals surface area (Å²) in [6.45, 7) is 4.00. The lowest BCUT2D eigenvalue weighted by atomic mass is 9.88. The molecule has 2 aromatic carbocycles. The molecule has 0 aliphatic carbocycles. The smallest absolute Gasteiger partial charge is 0.369 e. The van der Waals surface area contributed by atoms with Crippen LogP contribution in [0.15, 0.2) is 53.7 Å². The van der Waals surface area contributed by atoms with E-state index in [1.54, 1.807) is 0 Å². The summed E-state index contributed by atoms with van der Waals surface area (Å²) in [7, 11) is 2.48. The first kappa shape index (κ1) is 38.8. The monoisotopic (exact) mass is 633 g/mol. The molecule has 2 rings (SSSR count). The Bertz CT molecular complexity index is 1090. The van der Waals surface area contributed by atoms with Crippen molar-refractivity contribution in [1.82, 2.24) is 0 Å². The van der Waals surface area contributed by atoms with Crippen LogP contribution in [0.25, 0.3) is 0 Å². The first-order chi connectivity index (χ1) is 19.1. The van der Waals surface area contributed by atoms with Crippen LogP contribution in [0.1, 0.15) is 47.2 Å². The number of carbonyl (C=O) groups excluding carboxylic acids is 1. The van der Waals surface area contributed by atoms with Crippen molar-refractivity contribution in [2.45, 2.75) is 56.0 Å². The fraction of sp³-hybridized carbons (Fsp3) is 0.458. The van der Waals surface area contributed by atoms with Gasteiger partial charge >= 0.3 is 30.2 Å². The number of alkyl halides is 12. The molecule has 0 aliphatic rings. The average Bonchev–Trinajstić information content (AvgIpc) is 2.89. The largest absolute Gasteiger partial charge is 0.430 e. The van der Waals surface area contributed by atoms with Crippen LogP contribution in [0.3, 0.4) is 0 Å². The van der Waals surface area contributed by atoms with E-state index in [1.165, 1.54) is 19.4 Å². The van der Waals surface area contributed by atoms with Crippen molar-refractivity contribution in [3.05, 3.63) is 75.7 Å². The normalized spacial score (nSPS) is 13.0. The molecule has 0 saturated carbocycles. The van der Waals surface area contributed by atoms with Gasteiger partial charge in [-0.1, -0.05) is 62.4 Å². The number of methoxy groups -OCH3 is 2. The highest BCUT2D eigenvalue weighted by atomic mass is 19.4. The Hall–Kier alpha value is -3.25. The summed E-state index contributed by atoms with van der Waals surface area (Å²) in [6, 6.07) is 5.23. The molecule has 0 aliphatic heterocycles. The summed E-state index contributed by atoms with van der Waals surface area (Å²) >= 11 is 0. The molecule has 0 atom stereocenters. The topological polar surface area (TPSA) is 85.2 Å². The first-order valence-electron chi connectivity index (χ1n) is 11.1. The van der Waals surface area contributed by atoms with Crippen molar-refractivity contribution in [1.29, 1.82) is 0 Å². The van der Waals surface area contributed by atoms with E-state index in [4.69, 9.17) is 14.6 Å². The van der Waals surface area contributed by atoms with Crippen molar-refractivity contribution in [3.63, 3.8) is 0 Å². The van der Waals surface area contributed by atoms with E-state index in [0.717, 1.165) is 24.3 Å². The number of benzene rings is 2. The summed E-state index contributed by atoms with van der Waals surface area (Å²) in [5.41, 5.74) is -12.4. The van der Waals surface area contributed by atoms with Crippen LogP contribution in [0.4, 0.5) is 52.7 Å². The highest BCUT2D eigenvalue weighted by molar-refractivity contribution is 5.74. The van der Waals surface area contributed by atoms with E-state index in [-0.39, 0.29) is 17.4 Å². The van der Waals surface area contributed by atoms with Gasteiger partial charge < -0.3 is 14.6 Å². The zero-order valence-corrected chi connectivity index (χ0v) is 21.8. The number of rotatable bonds is 7. The molecule has 0 spiro atoms. The third-order valence-electron chi connectivity index (χ3n) is 5.27. The zero-order chi connectivity index (χ0) is 33.4. The van der Waals surface area contributed by atoms with Gasteiger partial charge in [-0.05, 0) is 5.18 Å². The molecule has 0 fully saturated rings. The minimum Gasteiger partial charge on any atom is -0.369 e. The van der Waals surface area contributed by atoms with E-state index in [9.17, 15) is 62.4 Å². The third kappa shape index (κ3) is 7.77. The molecule has 0 saturated heterocycles. The summed E-state index contributed by atoms with van der Waals surface area (Å²) in [5.74, 6) is 0. The average molecular weight is 633 g/mol. The van der Waals surface area contributed by atoms with Gasteiger partial charge in [-0.3, -0.25) is 4.79 Å². The summed E-state index contributed by atoms with van der Waals surface area (Å²) < 4.78 is 162. The third-order valence-corrected chi connectivity index (χ3v) is 5.27. The number of aldehydes is 1. The van der Waals surface area contributed by atoms with Gasteiger partial charge in [0.05, 0.1) is 0 Å². The first-order valence-corrected chi connectivity index (χ1v) is 11.1. The number of hydrogen-bond acceptors (Lipinski definition) is 6. The van der Waals surface area contributed by atoms with Gasteiger partial charge in [0, 0.05) is 36.5 Å². The predicted octanol–water partition coefficient (Wildman–Crippen LogP) is 7.90. The van der Waals surface area contributed by atoms with E-state index in [2.05, 4.69) is 0 Å². The molecule has 0 amide bonds. The van der Waals surface area contributed by atoms with Crippen molar-refractivity contribution in [3.8, 4) is 0 Å². The van der Waals surface area contributed by atoms with Crippen molar-refractivity contribution < 1.29 is 72.1 Å². The maximum absolute atomic E-state index is 12.9. The number of halogens is 12. The minimum atomic E-state index is -5.93. The van der Waals surface area contributed by atoms with Gasteiger partial charge in [-0.15, -0.1) is 4.91 Å². The molecule has 238 valence electrons. The highest BCUT2D eigenvalue weighted by Crippen LogP contribution is 2.53. The number of carbonyl (C=O) groups is 1. The summed E-state index contributed by atoms with van der Waals surface area (Å²) in [4.78, 5) is 20.8. The molecule has 18 heteroatoms. The SMILES string of the molecule is CC.COC(OC)c1ccc(C(N=O)(C(F)(F)F)C(F)(F)F)cc1.O=Cc1ccc(C(O)(C(F)(F)F)C(F)(F)F)cc1. The Morgan fingerprint density at radius 2 is 1.02 bits per heavy atom. The second kappa shape index (κ2) is 14.3. The van der Waals surface area contributed by atoms with E-state index >= 15 is 0 Å². The van der Waals surface area contributed by atoms with Gasteiger partial charge in [0.15, 0.2) is 6.29 Å². The van der Waals surface area contributed by atoms with Crippen LogP contribution in [0.2, 0.25) is 0 Å². The fourth-order valence-corrected chi connectivity index (χ4v) is 3.19. The quantitative estimate of drug-likeness (QED) is 0.145. The number of nitroso groups, excluding NO2 is 1. The van der Waals surface area contributed by atoms with Crippen LogP contribution in [-0.2, 0) is 20.6 Å². The maximum atomic E-state index is 12.9. The van der Waals surface area contributed by atoms with Gasteiger partial charge in [0.25, 0.3) is 5.60 Å². The van der Waals surface area contributed by atoms with Gasteiger partial charge in [-0.2, -0.15) is 52.7 Å². The number of nitrogens with zero attached hydrogens (tertiary/aromatic N) is 1. The maximum Gasteiger partial charge on any atom is 0.430 e. The predicted molar refractivity (Wildman–Crippen MR) is 122 cm³/mol. The lowest BCUT2D eigenvalue weighted by molar-refractivity contribution is -0.376. The molecular formula is C24H23F12NO5. The summed E-state index contributed by atoms with van der Waals surface area (Å²) in [5, 5.41) is 10.4. The van der Waals surface area contributed by atoms with Gasteiger partial charge in [0.2, 0.25) is 0 Å². The van der Waals surface area contributed by atoms with E-state index in [0.29, 0.717) is 24.3 Å². The van der Waals surface area contributed by atoms with Crippen molar-refractivity contribution in [2.75, 3.05) is 14.2 Å². The zero-order valence-electron chi connectivity index (χ0n) is 21.8. The lowest BCUT2D eigenvalue weighted by Gasteiger charge is -2.32. The molecule has 0 bridgehead atoms. The molecule has 42 heavy (non-hydrogen) atoms. The molecular weight excluding hydrogens is 610 g/mol. The number of hydrogen-bond donors (Lipinski definition) is 1. The number of ether oxygens (including phenoxy) is 2. The van der Waals surface area contributed by atoms with E-state index < -0.39 is 53.3 Å². The Morgan fingerprint density at radius 3 is 1.29 bits per heavy atom. The van der Waals surface area contributed by atoms with Crippen molar-refractivity contribution >= 4 is 6.29 Å². The van der Waals surface area contributed by atoms with Crippen LogP contribution in [-0.4, -0.2) is 50.3 Å². The molecule has 6 nitrogen and oxygen atoms in total. The summed E-state index contributed by atoms with van der Waals surface area (Å²) in [6.07, 6.45) is -24.4. The van der Waals surface area contributed by atoms with Crippen LogP contribution < -0.4 is 0 Å². The number of aliphatic hydroxyl groups is 1. The Labute approximate surface area is 230 Å². The van der Waals surface area contributed by atoms with E-state index in [1.807, 2.05) is 13.8 Å². The van der Waals surface area contributed by atoms with Gasteiger partial charge in [0.1, 0.15) is 6.29 Å². The van der Waals surface area contributed by atoms with Gasteiger partial charge in [-0.25, -0.2) is 0 Å². The molecule has 2 aromatic rings. The lowest BCUT2D eigenvalue weighted by Crippen LogP contribution is -2.53. The Morgan fingerprint density at radius 1 is 0.667 bits per heavy atom. The minimum absolute atomic E-state index is 0.106. The highest BCUT2D eigenvalue weighted by Gasteiger charge is 2.74. The molecule has 0 unspecified atom stereocenters. The van der Waals surface area contributed by atoms with Crippen LogP contribution >= 0.6 is 0 Å². The fourth-order valence-electron chi connectivity index (χ4n) is 3.19. The Kier molecular flexibility index (Phi) is 13.2. The second-order valence-corrected chi connectivity index (χ2v) is 7.67. The van der Waals surface area contributed by atoms with Crippen molar-refractivity contribution in [2.24, 2.45) is 5.18 Å². The van der Waals surface area contributed by atoms with Crippen LogP contribution in [0.5, 0.6) is 0 Å². The molecule has 1 N–H and O–H groups in total. The molecule has 0 aromatic heterocycles. The molecule has 0 radical (unpaired) electrons. The second-order valence-electron chi connectivity index (χ2n) is 7.67. The molecule has 0 heterocycles. The Balaban J connectivity index is 0.000000769.